The first-order valence-corrected chi connectivity index (χ1v) is 17.5. The number of benzene rings is 1. The molecule has 10 heteroatoms. The summed E-state index contributed by atoms with van der Waals surface area (Å²) in [5, 5.41) is 0. The lowest BCUT2D eigenvalue weighted by Gasteiger charge is -2.21. The van der Waals surface area contributed by atoms with Crippen LogP contribution in [-0.4, -0.2) is 90.6 Å². The van der Waals surface area contributed by atoms with Crippen LogP contribution >= 0.6 is 0 Å². The van der Waals surface area contributed by atoms with Gasteiger partial charge in [-0.15, -0.1) is 0 Å². The molecule has 0 aliphatic rings. The largest absolute Gasteiger partial charge is 0.460 e. The maximum Gasteiger partial charge on any atom is 0.338 e. The van der Waals surface area contributed by atoms with Gasteiger partial charge in [0.05, 0.1) is 50.8 Å². The van der Waals surface area contributed by atoms with Crippen LogP contribution in [0.25, 0.3) is 0 Å². The molecule has 0 spiro atoms. The van der Waals surface area contributed by atoms with Gasteiger partial charge in [0.1, 0.15) is 13.2 Å². The molecule has 0 N–H and O–H groups in total. The van der Waals surface area contributed by atoms with Gasteiger partial charge in [0.15, 0.2) is 12.6 Å². The average Bonchev–Trinajstić information content (AvgIpc) is 3.07. The van der Waals surface area contributed by atoms with E-state index in [0.29, 0.717) is 38.3 Å². The van der Waals surface area contributed by atoms with E-state index in [-0.39, 0.29) is 50.8 Å². The monoisotopic (exact) mass is 654 g/mol. The summed E-state index contributed by atoms with van der Waals surface area (Å²) in [7, 11) is 0. The topological polar surface area (TPSA) is 108 Å². The van der Waals surface area contributed by atoms with Crippen molar-refractivity contribution in [2.45, 2.75) is 105 Å². The normalized spacial score (nSPS) is 14.0. The van der Waals surface area contributed by atoms with Gasteiger partial charge in [-0.05, 0) is 56.7 Å². The van der Waals surface area contributed by atoms with E-state index in [1.165, 1.54) is 31.7 Å². The van der Waals surface area contributed by atoms with Crippen LogP contribution in [0.5, 0.6) is 0 Å². The number of hydrogen-bond acceptors (Lipinski definition) is 10. The zero-order chi connectivity index (χ0) is 33.8. The molecule has 0 aromatic heterocycles. The van der Waals surface area contributed by atoms with Crippen molar-refractivity contribution < 1.29 is 47.5 Å². The van der Waals surface area contributed by atoms with Crippen molar-refractivity contribution in [1.82, 2.24) is 0 Å². The van der Waals surface area contributed by atoms with Crippen molar-refractivity contribution in [1.29, 1.82) is 0 Å². The Morgan fingerprint density at radius 3 is 1.39 bits per heavy atom. The molecule has 0 amide bonds. The maximum atomic E-state index is 12.6. The molecule has 0 aliphatic heterocycles. The highest BCUT2D eigenvalue weighted by Crippen LogP contribution is 2.16. The van der Waals surface area contributed by atoms with Crippen LogP contribution in [0.15, 0.2) is 24.3 Å². The molecular weight excluding hydrogens is 592 g/mol. The van der Waals surface area contributed by atoms with Crippen molar-refractivity contribution in [2.24, 2.45) is 11.8 Å². The number of ether oxygens (including phenoxy) is 8. The molecule has 0 radical (unpaired) electrons. The van der Waals surface area contributed by atoms with E-state index >= 15 is 0 Å². The van der Waals surface area contributed by atoms with Crippen LogP contribution in [0.4, 0.5) is 0 Å². The first-order chi connectivity index (χ1) is 22.4. The minimum absolute atomic E-state index is 0.0576. The third-order valence-electron chi connectivity index (χ3n) is 7.59. The number of rotatable bonds is 30. The van der Waals surface area contributed by atoms with E-state index in [9.17, 15) is 9.59 Å². The zero-order valence-electron chi connectivity index (χ0n) is 29.4. The molecule has 0 saturated heterocycles. The van der Waals surface area contributed by atoms with Gasteiger partial charge in [0, 0.05) is 13.2 Å². The number of esters is 2. The van der Waals surface area contributed by atoms with Gasteiger partial charge in [0.2, 0.25) is 0 Å². The molecule has 46 heavy (non-hydrogen) atoms. The predicted octanol–water partition coefficient (Wildman–Crippen LogP) is 7.22. The third kappa shape index (κ3) is 19.6. The highest BCUT2D eigenvalue weighted by Gasteiger charge is 2.16. The highest BCUT2D eigenvalue weighted by atomic mass is 16.7. The molecule has 1 aromatic rings. The molecule has 266 valence electrons. The van der Waals surface area contributed by atoms with Crippen molar-refractivity contribution in [3.8, 4) is 0 Å². The summed E-state index contributed by atoms with van der Waals surface area (Å²) >= 11 is 0. The second-order valence-electron chi connectivity index (χ2n) is 11.3. The van der Waals surface area contributed by atoms with Crippen LogP contribution in [-0.2, 0) is 37.9 Å². The molecule has 0 bridgehead atoms. The van der Waals surface area contributed by atoms with E-state index in [1.807, 2.05) is 13.8 Å². The Hall–Kier alpha value is -2.08. The van der Waals surface area contributed by atoms with Crippen LogP contribution in [0.1, 0.15) is 114 Å². The number of hydrogen-bond donors (Lipinski definition) is 0. The van der Waals surface area contributed by atoms with E-state index in [1.54, 1.807) is 18.2 Å². The third-order valence-corrected chi connectivity index (χ3v) is 7.59. The molecule has 0 aliphatic carbocycles. The summed E-state index contributed by atoms with van der Waals surface area (Å²) < 4.78 is 45.2. The van der Waals surface area contributed by atoms with E-state index < -0.39 is 24.5 Å². The first kappa shape index (κ1) is 41.9. The zero-order valence-corrected chi connectivity index (χ0v) is 29.4. The quantitative estimate of drug-likeness (QED) is 0.0479. The average molecular weight is 655 g/mol. The summed E-state index contributed by atoms with van der Waals surface area (Å²) in [5.74, 6) is -0.101. The fourth-order valence-electron chi connectivity index (χ4n) is 4.63. The number of unbranched alkanes of at least 4 members (excludes halogenated alkanes) is 2. The van der Waals surface area contributed by atoms with Gasteiger partial charge < -0.3 is 37.9 Å². The second-order valence-corrected chi connectivity index (χ2v) is 11.3. The van der Waals surface area contributed by atoms with Crippen molar-refractivity contribution in [3.05, 3.63) is 35.4 Å². The lowest BCUT2D eigenvalue weighted by atomic mass is 10.0. The molecule has 0 heterocycles. The summed E-state index contributed by atoms with van der Waals surface area (Å²) in [4.78, 5) is 25.2. The highest BCUT2D eigenvalue weighted by molar-refractivity contribution is 5.95. The second kappa shape index (κ2) is 28.0. The van der Waals surface area contributed by atoms with Gasteiger partial charge in [-0.2, -0.15) is 0 Å². The lowest BCUT2D eigenvalue weighted by Crippen LogP contribution is -2.27. The maximum absolute atomic E-state index is 12.6. The Bertz CT molecular complexity index is 828. The Balaban J connectivity index is 2.38. The number of carbonyl (C=O) groups excluding carboxylic acids is 2. The van der Waals surface area contributed by atoms with Gasteiger partial charge in [-0.1, -0.05) is 72.3 Å². The number of carbonyl (C=O) groups is 2. The summed E-state index contributed by atoms with van der Waals surface area (Å²) in [6.07, 6.45) is 8.20. The van der Waals surface area contributed by atoms with Crippen molar-refractivity contribution >= 4 is 11.9 Å². The Morgan fingerprint density at radius 2 is 1.02 bits per heavy atom. The van der Waals surface area contributed by atoms with Crippen molar-refractivity contribution in [3.63, 3.8) is 0 Å². The molecule has 10 nitrogen and oxygen atoms in total. The van der Waals surface area contributed by atoms with Gasteiger partial charge in [-0.25, -0.2) is 9.59 Å². The summed E-state index contributed by atoms with van der Waals surface area (Å²) in [5.41, 5.74) is 0.500. The predicted molar refractivity (Wildman–Crippen MR) is 178 cm³/mol. The van der Waals surface area contributed by atoms with Crippen molar-refractivity contribution in [2.75, 3.05) is 66.1 Å². The first-order valence-electron chi connectivity index (χ1n) is 17.5. The SMILES string of the molecule is CCCCC(CC)COC(COCCOC(=O)c1cccc(C(=O)OCCOCC(OCC)OCC(CC)CCCC)c1)OCC. The smallest absolute Gasteiger partial charge is 0.338 e. The molecule has 0 saturated carbocycles. The van der Waals surface area contributed by atoms with Crippen LogP contribution in [0.3, 0.4) is 0 Å². The molecule has 1 aromatic carbocycles. The van der Waals surface area contributed by atoms with Gasteiger partial charge >= 0.3 is 11.9 Å². The van der Waals surface area contributed by atoms with Crippen LogP contribution in [0.2, 0.25) is 0 Å². The molecular formula is C36H62O10. The molecule has 0 fully saturated rings. The molecule has 4 unspecified atom stereocenters. The minimum atomic E-state index is -0.553. The molecule has 1 rings (SSSR count). The van der Waals surface area contributed by atoms with Gasteiger partial charge in [-0.3, -0.25) is 0 Å². The summed E-state index contributed by atoms with van der Waals surface area (Å²) in [6, 6.07) is 6.24. The van der Waals surface area contributed by atoms with Gasteiger partial charge in [0.25, 0.3) is 0 Å². The minimum Gasteiger partial charge on any atom is -0.460 e. The van der Waals surface area contributed by atoms with Crippen LogP contribution < -0.4 is 0 Å². The Kier molecular flexibility index (Phi) is 25.5. The van der Waals surface area contributed by atoms with E-state index in [0.717, 1.165) is 25.7 Å². The lowest BCUT2D eigenvalue weighted by molar-refractivity contribution is -0.177. The summed E-state index contributed by atoms with van der Waals surface area (Å²) in [6.45, 7) is 15.9. The van der Waals surface area contributed by atoms with Crippen LogP contribution in [0, 0.1) is 11.8 Å². The Morgan fingerprint density at radius 1 is 0.587 bits per heavy atom. The standard InChI is InChI=1S/C36H62O10/c1-7-13-16-29(9-3)25-45-33(41-11-5)27-39-20-22-43-35(37)31-18-15-19-32(24-31)36(38)44-23-21-40-28-34(42-12-6)46-26-30(10-4)17-14-8-2/h15,18-19,24,29-30,33-34H,7-14,16-17,20-23,25-28H2,1-6H3. The van der Waals surface area contributed by atoms with E-state index in [2.05, 4.69) is 27.7 Å². The fourth-order valence-corrected chi connectivity index (χ4v) is 4.63. The van der Waals surface area contributed by atoms with E-state index in [4.69, 9.17) is 37.9 Å². The fraction of sp³-hybridized carbons (Fsp3) is 0.778. The Labute approximate surface area is 278 Å². The molecule has 4 atom stereocenters.